The maximum absolute atomic E-state index is 13.9. The van der Waals surface area contributed by atoms with Crippen molar-refractivity contribution in [2.45, 2.75) is 55.0 Å². The molecular weight excluding hydrogens is 632 g/mol. The second-order valence-electron chi connectivity index (χ2n) is 11.6. The van der Waals surface area contributed by atoms with Gasteiger partial charge in [0.25, 0.3) is 5.91 Å². The zero-order valence-electron chi connectivity index (χ0n) is 25.8. The van der Waals surface area contributed by atoms with Crippen molar-refractivity contribution < 1.29 is 36.3 Å². The van der Waals surface area contributed by atoms with Crippen molar-refractivity contribution in [2.24, 2.45) is 0 Å². The summed E-state index contributed by atoms with van der Waals surface area (Å²) in [6, 6.07) is 11.4. The van der Waals surface area contributed by atoms with Crippen LogP contribution in [0.4, 0.5) is 25.1 Å². The molecule has 3 aromatic carbocycles. The fourth-order valence-corrected chi connectivity index (χ4v) is 7.27. The minimum Gasteiger partial charge on any atom is -0.448 e. The zero-order valence-corrected chi connectivity index (χ0v) is 26.6. The third kappa shape index (κ3) is 7.14. The number of fused-ring (bicyclic) bond motifs is 1. The number of halogens is 2. The molecule has 0 unspecified atom stereocenters. The number of sulfone groups is 1. The molecule has 47 heavy (non-hydrogen) atoms. The lowest BCUT2D eigenvalue weighted by Crippen LogP contribution is -2.29. The summed E-state index contributed by atoms with van der Waals surface area (Å²) < 4.78 is 66.2. The first-order chi connectivity index (χ1) is 22.6. The van der Waals surface area contributed by atoms with Gasteiger partial charge in [0.2, 0.25) is 9.84 Å². The number of hydrogen-bond donors (Lipinski definition) is 2. The number of amides is 1. The maximum Gasteiger partial charge on any atom is 0.435 e. The molecule has 3 heterocycles. The standard InChI is InChI=1S/C33H35F2N5O6S/c1-2-46-33(42)40-30-8-6-25(47(43,44)26-17-22(34)16-23(35)18-26)19-28(30)31(38-40)37-32(41)27-7-5-21(20-39-11-3-4-12-39)15-29(27)36-24-9-13-45-14-10-24/h5-8,15-19,24,36H,2-4,9-14,20H2,1H3,(H,37,38,41). The van der Waals surface area contributed by atoms with Gasteiger partial charge in [-0.15, -0.1) is 5.10 Å². The highest BCUT2D eigenvalue weighted by molar-refractivity contribution is 7.91. The van der Waals surface area contributed by atoms with Crippen LogP contribution in [0.3, 0.4) is 0 Å². The minimum atomic E-state index is -4.40. The normalized spacial score (nSPS) is 16.0. The molecule has 1 amide bonds. The lowest BCUT2D eigenvalue weighted by Gasteiger charge is -2.26. The molecule has 0 spiro atoms. The van der Waals surface area contributed by atoms with Crippen molar-refractivity contribution >= 4 is 44.2 Å². The molecule has 0 bridgehead atoms. The van der Waals surface area contributed by atoms with E-state index in [1.54, 1.807) is 13.0 Å². The van der Waals surface area contributed by atoms with Crippen molar-refractivity contribution in [3.8, 4) is 0 Å². The van der Waals surface area contributed by atoms with Crippen LogP contribution in [0.15, 0.2) is 64.4 Å². The largest absolute Gasteiger partial charge is 0.448 e. The summed E-state index contributed by atoms with van der Waals surface area (Å²) in [6.45, 7) is 5.68. The van der Waals surface area contributed by atoms with E-state index in [1.807, 2.05) is 12.1 Å². The first-order valence-corrected chi connectivity index (χ1v) is 17.0. The van der Waals surface area contributed by atoms with Crippen LogP contribution in [-0.4, -0.2) is 74.1 Å². The highest BCUT2D eigenvalue weighted by atomic mass is 32.2. The number of benzene rings is 3. The van der Waals surface area contributed by atoms with Gasteiger partial charge < -0.3 is 20.1 Å². The Morgan fingerprint density at radius 3 is 2.40 bits per heavy atom. The predicted molar refractivity (Wildman–Crippen MR) is 170 cm³/mol. The van der Waals surface area contributed by atoms with E-state index in [4.69, 9.17) is 9.47 Å². The van der Waals surface area contributed by atoms with Crippen molar-refractivity contribution in [1.29, 1.82) is 0 Å². The Balaban J connectivity index is 1.37. The van der Waals surface area contributed by atoms with E-state index in [2.05, 4.69) is 20.6 Å². The van der Waals surface area contributed by atoms with Gasteiger partial charge in [-0.25, -0.2) is 22.0 Å². The van der Waals surface area contributed by atoms with Crippen molar-refractivity contribution in [1.82, 2.24) is 14.7 Å². The Bertz CT molecular complexity index is 1900. The summed E-state index contributed by atoms with van der Waals surface area (Å²) in [6.07, 6.45) is 3.02. The van der Waals surface area contributed by atoms with Gasteiger partial charge in [-0.05, 0) is 93.7 Å². The molecule has 14 heteroatoms. The Morgan fingerprint density at radius 2 is 1.70 bits per heavy atom. The van der Waals surface area contributed by atoms with E-state index >= 15 is 0 Å². The topological polar surface area (TPSA) is 132 Å². The molecule has 4 aromatic rings. The molecule has 0 aliphatic carbocycles. The molecule has 0 atom stereocenters. The number of nitrogens with zero attached hydrogens (tertiary/aromatic N) is 3. The summed E-state index contributed by atoms with van der Waals surface area (Å²) >= 11 is 0. The lowest BCUT2D eigenvalue weighted by molar-refractivity contribution is 0.0904. The van der Waals surface area contributed by atoms with E-state index in [9.17, 15) is 26.8 Å². The van der Waals surface area contributed by atoms with E-state index in [0.29, 0.717) is 42.7 Å². The Kier molecular flexibility index (Phi) is 9.52. The molecule has 2 N–H and O–H groups in total. The van der Waals surface area contributed by atoms with Crippen LogP contribution >= 0.6 is 0 Å². The number of likely N-dealkylation sites (tertiary alicyclic amines) is 1. The van der Waals surface area contributed by atoms with Crippen molar-refractivity contribution in [2.75, 3.05) is 43.5 Å². The molecule has 2 saturated heterocycles. The monoisotopic (exact) mass is 667 g/mol. The molecule has 2 aliphatic heterocycles. The number of nitrogens with one attached hydrogen (secondary N) is 2. The second-order valence-corrected chi connectivity index (χ2v) is 13.5. The van der Waals surface area contributed by atoms with Crippen LogP contribution in [-0.2, 0) is 25.9 Å². The molecular formula is C33H35F2N5O6S. The highest BCUT2D eigenvalue weighted by Crippen LogP contribution is 2.31. The summed E-state index contributed by atoms with van der Waals surface area (Å²) in [5.74, 6) is -2.74. The second kappa shape index (κ2) is 13.8. The average Bonchev–Trinajstić information content (AvgIpc) is 3.69. The molecule has 1 aromatic heterocycles. The van der Waals surface area contributed by atoms with Crippen LogP contribution in [0.2, 0.25) is 0 Å². The van der Waals surface area contributed by atoms with Gasteiger partial charge in [-0.3, -0.25) is 9.69 Å². The number of ether oxygens (including phenoxy) is 2. The molecule has 0 radical (unpaired) electrons. The minimum absolute atomic E-state index is 0.0461. The quantitative estimate of drug-likeness (QED) is 0.235. The Morgan fingerprint density at radius 1 is 0.979 bits per heavy atom. The fraction of sp³-hybridized carbons (Fsp3) is 0.364. The van der Waals surface area contributed by atoms with Gasteiger partial charge in [-0.1, -0.05) is 6.07 Å². The number of hydrogen-bond acceptors (Lipinski definition) is 9. The number of aromatic nitrogens is 2. The molecule has 0 saturated carbocycles. The summed E-state index contributed by atoms with van der Waals surface area (Å²) in [5, 5.41) is 10.7. The number of anilines is 2. The smallest absolute Gasteiger partial charge is 0.435 e. The van der Waals surface area contributed by atoms with Crippen LogP contribution in [0.1, 0.15) is 48.5 Å². The van der Waals surface area contributed by atoms with Crippen LogP contribution in [0.25, 0.3) is 10.9 Å². The average molecular weight is 668 g/mol. The third-order valence-corrected chi connectivity index (χ3v) is 10.0. The number of carbonyl (C=O) groups is 2. The van der Waals surface area contributed by atoms with Gasteiger partial charge in [0.05, 0.1) is 27.5 Å². The third-order valence-electron chi connectivity index (χ3n) is 8.30. The predicted octanol–water partition coefficient (Wildman–Crippen LogP) is 5.59. The fourth-order valence-electron chi connectivity index (χ4n) is 5.94. The van der Waals surface area contributed by atoms with Gasteiger partial charge in [0, 0.05) is 42.9 Å². The summed E-state index contributed by atoms with van der Waals surface area (Å²) in [5.41, 5.74) is 2.18. The first-order valence-electron chi connectivity index (χ1n) is 15.5. The van der Waals surface area contributed by atoms with Gasteiger partial charge in [0.1, 0.15) is 11.6 Å². The first kappa shape index (κ1) is 32.5. The van der Waals surface area contributed by atoms with E-state index < -0.39 is 38.4 Å². The van der Waals surface area contributed by atoms with Gasteiger partial charge in [-0.2, -0.15) is 4.68 Å². The summed E-state index contributed by atoms with van der Waals surface area (Å²) in [4.78, 5) is 28.2. The summed E-state index contributed by atoms with van der Waals surface area (Å²) in [7, 11) is -4.40. The van der Waals surface area contributed by atoms with Gasteiger partial charge >= 0.3 is 6.09 Å². The maximum atomic E-state index is 13.9. The van der Waals surface area contributed by atoms with Gasteiger partial charge in [0.15, 0.2) is 5.82 Å². The van der Waals surface area contributed by atoms with Crippen molar-refractivity contribution in [3.63, 3.8) is 0 Å². The van der Waals surface area contributed by atoms with Crippen LogP contribution < -0.4 is 10.6 Å². The lowest BCUT2D eigenvalue weighted by atomic mass is 10.0. The number of rotatable bonds is 9. The zero-order chi connectivity index (χ0) is 33.1. The number of carbonyl (C=O) groups excluding carboxylic acids is 2. The molecule has 2 fully saturated rings. The SMILES string of the molecule is CCOC(=O)n1nc(NC(=O)c2ccc(CN3CCCC3)cc2NC2CCOCC2)c2cc(S(=O)(=O)c3cc(F)cc(F)c3)ccc21. The van der Waals surface area contributed by atoms with E-state index in [0.717, 1.165) is 55.6 Å². The van der Waals surface area contributed by atoms with Crippen LogP contribution in [0.5, 0.6) is 0 Å². The van der Waals surface area contributed by atoms with Crippen LogP contribution in [0, 0.1) is 11.6 Å². The highest BCUT2D eigenvalue weighted by Gasteiger charge is 2.26. The molecule has 248 valence electrons. The Labute approximate surface area is 270 Å². The molecule has 2 aliphatic rings. The van der Waals surface area contributed by atoms with E-state index in [1.165, 1.54) is 18.2 Å². The Hall–Kier alpha value is -4.40. The molecule has 11 nitrogen and oxygen atoms in total. The van der Waals surface area contributed by atoms with E-state index in [-0.39, 0.29) is 34.3 Å². The molecule has 6 rings (SSSR count). The van der Waals surface area contributed by atoms with Crippen molar-refractivity contribution in [3.05, 3.63) is 77.4 Å².